The summed E-state index contributed by atoms with van der Waals surface area (Å²) < 4.78 is 44.9. The standard InChI is InChI=1S/C27H29FN4O5.C2HF3O2/c28-20-10-7-18(8-11-20)21-12-9-19(15-23(21)33)22(16-27(36)37)32-26(35)17-31-25(34)6-2-4-14-30-24-5-1-3-13-29-24;3-2(4,5)1(6)7/h1,3,5,7-13,15,22,33H,2,4,6,14,16-17H2,(H,29,30)(H,31,34)(H,32,35)(H,36,37);(H,6,7). The number of carbonyl (C=O) groups is 4. The second-order valence-corrected chi connectivity index (χ2v) is 9.18. The molecule has 11 nitrogen and oxygen atoms in total. The van der Waals surface area contributed by atoms with E-state index in [1.54, 1.807) is 18.3 Å². The number of amides is 2. The molecule has 2 aromatic carbocycles. The van der Waals surface area contributed by atoms with Crippen molar-refractivity contribution in [3.63, 3.8) is 0 Å². The number of carboxylic acid groups (broad SMARTS) is 2. The van der Waals surface area contributed by atoms with Crippen LogP contribution >= 0.6 is 0 Å². The van der Waals surface area contributed by atoms with Crippen LogP contribution in [0.2, 0.25) is 0 Å². The Hall–Kier alpha value is -5.21. The van der Waals surface area contributed by atoms with E-state index in [2.05, 4.69) is 20.9 Å². The first-order valence-electron chi connectivity index (χ1n) is 13.1. The molecule has 3 rings (SSSR count). The first-order valence-corrected chi connectivity index (χ1v) is 13.1. The van der Waals surface area contributed by atoms with E-state index in [0.29, 0.717) is 29.7 Å². The molecule has 0 radical (unpaired) electrons. The van der Waals surface area contributed by atoms with Gasteiger partial charge >= 0.3 is 18.1 Å². The molecule has 1 heterocycles. The van der Waals surface area contributed by atoms with E-state index in [1.807, 2.05) is 18.2 Å². The molecule has 236 valence electrons. The molecule has 3 aromatic rings. The highest BCUT2D eigenvalue weighted by atomic mass is 19.4. The number of alkyl halides is 3. The van der Waals surface area contributed by atoms with E-state index >= 15 is 0 Å². The number of unbranched alkanes of at least 4 members (excludes halogenated alkanes) is 1. The maximum absolute atomic E-state index is 13.2. The molecule has 0 spiro atoms. The Morgan fingerprint density at radius 1 is 0.909 bits per heavy atom. The zero-order valence-electron chi connectivity index (χ0n) is 23.1. The minimum Gasteiger partial charge on any atom is -0.507 e. The number of aliphatic carboxylic acids is 2. The van der Waals surface area contributed by atoms with E-state index in [0.717, 1.165) is 12.2 Å². The molecule has 0 fully saturated rings. The summed E-state index contributed by atoms with van der Waals surface area (Å²) >= 11 is 0. The monoisotopic (exact) mass is 622 g/mol. The quantitative estimate of drug-likeness (QED) is 0.120. The smallest absolute Gasteiger partial charge is 0.490 e. The van der Waals surface area contributed by atoms with Crippen molar-refractivity contribution in [1.29, 1.82) is 0 Å². The highest BCUT2D eigenvalue weighted by Crippen LogP contribution is 2.32. The lowest BCUT2D eigenvalue weighted by molar-refractivity contribution is -0.192. The van der Waals surface area contributed by atoms with Crippen LogP contribution in [0.5, 0.6) is 5.75 Å². The third kappa shape index (κ3) is 12.8. The molecule has 0 saturated heterocycles. The number of rotatable bonds is 13. The zero-order valence-corrected chi connectivity index (χ0v) is 23.1. The molecule has 6 N–H and O–H groups in total. The number of pyridine rings is 1. The predicted molar refractivity (Wildman–Crippen MR) is 150 cm³/mol. The van der Waals surface area contributed by atoms with Crippen LogP contribution in [0, 0.1) is 5.82 Å². The maximum atomic E-state index is 13.2. The van der Waals surface area contributed by atoms with Gasteiger partial charge in [-0.25, -0.2) is 14.2 Å². The fourth-order valence-corrected chi connectivity index (χ4v) is 3.67. The normalized spacial score (nSPS) is 11.4. The topological polar surface area (TPSA) is 178 Å². The van der Waals surface area contributed by atoms with Gasteiger partial charge < -0.3 is 31.3 Å². The average molecular weight is 623 g/mol. The molecule has 0 bridgehead atoms. The number of nitrogens with zero attached hydrogens (tertiary/aromatic N) is 1. The van der Waals surface area contributed by atoms with Crippen LogP contribution in [-0.2, 0) is 19.2 Å². The Morgan fingerprint density at radius 2 is 1.59 bits per heavy atom. The number of phenolic OH excluding ortho intramolecular Hbond substituents is 1. The number of carboxylic acids is 2. The van der Waals surface area contributed by atoms with Crippen LogP contribution in [-0.4, -0.2) is 63.3 Å². The molecule has 44 heavy (non-hydrogen) atoms. The molecule has 1 atom stereocenters. The summed E-state index contributed by atoms with van der Waals surface area (Å²) in [6, 6.07) is 14.7. The molecule has 0 saturated carbocycles. The number of halogens is 4. The second-order valence-electron chi connectivity index (χ2n) is 9.18. The molecule has 1 aromatic heterocycles. The summed E-state index contributed by atoms with van der Waals surface area (Å²) in [6.45, 7) is 0.356. The summed E-state index contributed by atoms with van der Waals surface area (Å²) in [7, 11) is 0. The average Bonchev–Trinajstić information content (AvgIpc) is 2.96. The number of nitrogens with one attached hydrogen (secondary N) is 3. The number of aromatic nitrogens is 1. The van der Waals surface area contributed by atoms with Gasteiger partial charge in [0.1, 0.15) is 17.4 Å². The van der Waals surface area contributed by atoms with Crippen LogP contribution in [0.3, 0.4) is 0 Å². The second kappa shape index (κ2) is 17.0. The largest absolute Gasteiger partial charge is 0.507 e. The van der Waals surface area contributed by atoms with E-state index in [4.69, 9.17) is 9.90 Å². The minimum atomic E-state index is -5.08. The van der Waals surface area contributed by atoms with Gasteiger partial charge in [-0.2, -0.15) is 13.2 Å². The van der Waals surface area contributed by atoms with Gasteiger partial charge in [-0.3, -0.25) is 14.4 Å². The molecular formula is C29H30F4N4O7. The Kier molecular flexibility index (Phi) is 13.5. The Morgan fingerprint density at radius 3 is 2.16 bits per heavy atom. The lowest BCUT2D eigenvalue weighted by atomic mass is 9.98. The SMILES string of the molecule is O=C(O)C(F)(F)F.O=C(O)CC(NC(=O)CNC(=O)CCCCNc1ccccn1)c1ccc(-c2ccc(F)cc2)c(O)c1. The van der Waals surface area contributed by atoms with Gasteiger partial charge in [-0.1, -0.05) is 30.3 Å². The Bertz CT molecular complexity index is 1410. The number of hydrogen-bond acceptors (Lipinski definition) is 7. The minimum absolute atomic E-state index is 0.139. The third-order valence-electron chi connectivity index (χ3n) is 5.78. The van der Waals surface area contributed by atoms with E-state index < -0.39 is 42.3 Å². The van der Waals surface area contributed by atoms with Crippen molar-refractivity contribution in [1.82, 2.24) is 15.6 Å². The molecular weight excluding hydrogens is 592 g/mol. The summed E-state index contributed by atoms with van der Waals surface area (Å²) in [4.78, 5) is 48.9. The van der Waals surface area contributed by atoms with Gasteiger partial charge in [-0.15, -0.1) is 0 Å². The van der Waals surface area contributed by atoms with Crippen molar-refractivity contribution in [3.8, 4) is 16.9 Å². The van der Waals surface area contributed by atoms with Crippen LogP contribution in [0.4, 0.5) is 23.4 Å². The molecule has 1 unspecified atom stereocenters. The predicted octanol–water partition coefficient (Wildman–Crippen LogP) is 4.26. The first-order chi connectivity index (χ1) is 20.8. The van der Waals surface area contributed by atoms with Gasteiger partial charge in [0.2, 0.25) is 11.8 Å². The van der Waals surface area contributed by atoms with Crippen LogP contribution in [0.15, 0.2) is 66.9 Å². The summed E-state index contributed by atoms with van der Waals surface area (Å²) in [6.07, 6.45) is -2.21. The fourth-order valence-electron chi connectivity index (χ4n) is 3.67. The first kappa shape index (κ1) is 35.0. The number of carbonyl (C=O) groups excluding carboxylic acids is 2. The lowest BCUT2D eigenvalue weighted by Crippen LogP contribution is -2.39. The van der Waals surface area contributed by atoms with Crippen LogP contribution in [0.1, 0.15) is 37.3 Å². The van der Waals surface area contributed by atoms with Crippen molar-refractivity contribution < 1.29 is 52.1 Å². The summed E-state index contributed by atoms with van der Waals surface area (Å²) in [5.74, 6) is -4.53. The van der Waals surface area contributed by atoms with Crippen LogP contribution < -0.4 is 16.0 Å². The van der Waals surface area contributed by atoms with Crippen molar-refractivity contribution in [3.05, 3.63) is 78.2 Å². The lowest BCUT2D eigenvalue weighted by Gasteiger charge is -2.19. The number of phenols is 1. The summed E-state index contributed by atoms with van der Waals surface area (Å²) in [5, 5.41) is 35.2. The maximum Gasteiger partial charge on any atom is 0.490 e. The molecule has 0 aliphatic rings. The number of hydrogen-bond donors (Lipinski definition) is 6. The highest BCUT2D eigenvalue weighted by molar-refractivity contribution is 5.85. The van der Waals surface area contributed by atoms with E-state index in [1.165, 1.54) is 30.3 Å². The van der Waals surface area contributed by atoms with E-state index in [9.17, 15) is 42.2 Å². The summed E-state index contributed by atoms with van der Waals surface area (Å²) in [5.41, 5.74) is 1.40. The van der Waals surface area contributed by atoms with Crippen molar-refractivity contribution >= 4 is 29.6 Å². The molecule has 0 aliphatic carbocycles. The Labute approximate surface area is 248 Å². The van der Waals surface area contributed by atoms with Gasteiger partial charge in [0.15, 0.2) is 0 Å². The zero-order chi connectivity index (χ0) is 32.7. The van der Waals surface area contributed by atoms with Crippen molar-refractivity contribution in [2.75, 3.05) is 18.4 Å². The number of benzene rings is 2. The number of anilines is 1. The number of aromatic hydroxyl groups is 1. The van der Waals surface area contributed by atoms with Gasteiger partial charge in [0.25, 0.3) is 0 Å². The van der Waals surface area contributed by atoms with Crippen molar-refractivity contribution in [2.24, 2.45) is 0 Å². The van der Waals surface area contributed by atoms with E-state index in [-0.39, 0.29) is 24.6 Å². The van der Waals surface area contributed by atoms with Gasteiger partial charge in [0, 0.05) is 24.7 Å². The fraction of sp³-hybridized carbons (Fsp3) is 0.276. The van der Waals surface area contributed by atoms with Crippen LogP contribution in [0.25, 0.3) is 11.1 Å². The molecule has 0 aliphatic heterocycles. The Balaban J connectivity index is 0.000000860. The van der Waals surface area contributed by atoms with Crippen molar-refractivity contribution in [2.45, 2.75) is 37.9 Å². The molecule has 2 amide bonds. The third-order valence-corrected chi connectivity index (χ3v) is 5.78. The molecule has 15 heteroatoms. The van der Waals surface area contributed by atoms with Gasteiger partial charge in [-0.05, 0) is 54.3 Å². The van der Waals surface area contributed by atoms with Gasteiger partial charge in [0.05, 0.1) is 19.0 Å². The highest BCUT2D eigenvalue weighted by Gasteiger charge is 2.38.